The first-order valence-corrected chi connectivity index (χ1v) is 9.10. The quantitative estimate of drug-likeness (QED) is 0.806. The molecular weight excluding hydrogens is 292 g/mol. The maximum absolute atomic E-state index is 13.0. The van der Waals surface area contributed by atoms with Gasteiger partial charge in [-0.2, -0.15) is 0 Å². The molecule has 2 saturated heterocycles. The van der Waals surface area contributed by atoms with E-state index in [1.807, 2.05) is 4.90 Å². The maximum Gasteiger partial charge on any atom is 0.252 e. The molecule has 2 heterocycles. The van der Waals surface area contributed by atoms with E-state index in [-0.39, 0.29) is 24.0 Å². The molecule has 5 nitrogen and oxygen atoms in total. The number of amides is 2. The first kappa shape index (κ1) is 16.5. The van der Waals surface area contributed by atoms with Gasteiger partial charge in [0.2, 0.25) is 5.91 Å². The Balaban J connectivity index is 1.74. The molecule has 0 aromatic heterocycles. The van der Waals surface area contributed by atoms with Crippen molar-refractivity contribution < 1.29 is 14.3 Å². The minimum Gasteiger partial charge on any atom is -0.368 e. The summed E-state index contributed by atoms with van der Waals surface area (Å²) in [5.74, 6) is 0.501. The Bertz CT molecular complexity index is 457. The van der Waals surface area contributed by atoms with Gasteiger partial charge in [0.25, 0.3) is 5.91 Å². The SMILES string of the molecule is O=C1NCCCC[C@@H]1N(C[C@H]1CC=CCC1)C(=O)[C@@H]1CCCO1. The van der Waals surface area contributed by atoms with Crippen molar-refractivity contribution in [2.24, 2.45) is 5.92 Å². The molecule has 0 radical (unpaired) electrons. The van der Waals surface area contributed by atoms with Crippen LogP contribution in [0.2, 0.25) is 0 Å². The number of carbonyl (C=O) groups excluding carboxylic acids is 2. The van der Waals surface area contributed by atoms with Crippen LogP contribution in [0, 0.1) is 5.92 Å². The predicted octanol–water partition coefficient (Wildman–Crippen LogP) is 2.02. The zero-order valence-electron chi connectivity index (χ0n) is 13.8. The van der Waals surface area contributed by atoms with Crippen LogP contribution in [-0.2, 0) is 14.3 Å². The lowest BCUT2D eigenvalue weighted by Gasteiger charge is -2.35. The van der Waals surface area contributed by atoms with Crippen LogP contribution in [0.4, 0.5) is 0 Å². The van der Waals surface area contributed by atoms with Crippen molar-refractivity contribution in [2.75, 3.05) is 19.7 Å². The lowest BCUT2D eigenvalue weighted by molar-refractivity contribution is -0.148. The van der Waals surface area contributed by atoms with Gasteiger partial charge < -0.3 is 15.0 Å². The number of carbonyl (C=O) groups is 2. The summed E-state index contributed by atoms with van der Waals surface area (Å²) in [7, 11) is 0. The molecule has 0 unspecified atom stereocenters. The van der Waals surface area contributed by atoms with Gasteiger partial charge in [-0.15, -0.1) is 0 Å². The summed E-state index contributed by atoms with van der Waals surface area (Å²) in [6.07, 6.45) is 11.7. The Labute approximate surface area is 138 Å². The van der Waals surface area contributed by atoms with E-state index < -0.39 is 0 Å². The van der Waals surface area contributed by atoms with Gasteiger partial charge >= 0.3 is 0 Å². The summed E-state index contributed by atoms with van der Waals surface area (Å²) in [6, 6.07) is -0.319. The van der Waals surface area contributed by atoms with E-state index in [4.69, 9.17) is 4.74 Å². The largest absolute Gasteiger partial charge is 0.368 e. The Morgan fingerprint density at radius 3 is 2.87 bits per heavy atom. The van der Waals surface area contributed by atoms with Crippen LogP contribution in [0.1, 0.15) is 51.4 Å². The van der Waals surface area contributed by atoms with Crippen LogP contribution in [-0.4, -0.2) is 48.6 Å². The number of hydrogen-bond acceptors (Lipinski definition) is 3. The van der Waals surface area contributed by atoms with Crippen LogP contribution in [0.15, 0.2) is 12.2 Å². The normalized spacial score (nSPS) is 31.5. The van der Waals surface area contributed by atoms with Gasteiger partial charge in [-0.25, -0.2) is 0 Å². The van der Waals surface area contributed by atoms with E-state index in [0.717, 1.165) is 57.9 Å². The second kappa shape index (κ2) is 7.95. The average molecular weight is 320 g/mol. The summed E-state index contributed by atoms with van der Waals surface area (Å²) in [4.78, 5) is 27.3. The Morgan fingerprint density at radius 1 is 1.22 bits per heavy atom. The number of nitrogens with one attached hydrogen (secondary N) is 1. The molecule has 0 aromatic carbocycles. The fourth-order valence-electron chi connectivity index (χ4n) is 3.85. The number of rotatable bonds is 4. The van der Waals surface area contributed by atoms with Gasteiger partial charge in [-0.1, -0.05) is 12.2 Å². The molecule has 3 atom stereocenters. The Hall–Kier alpha value is -1.36. The molecule has 0 bridgehead atoms. The zero-order chi connectivity index (χ0) is 16.1. The molecule has 128 valence electrons. The first-order chi connectivity index (χ1) is 11.3. The maximum atomic E-state index is 13.0. The molecule has 3 rings (SSSR count). The molecule has 0 spiro atoms. The van der Waals surface area contributed by atoms with Crippen molar-refractivity contribution in [1.29, 1.82) is 0 Å². The fraction of sp³-hybridized carbons (Fsp3) is 0.778. The fourth-order valence-corrected chi connectivity index (χ4v) is 3.85. The highest BCUT2D eigenvalue weighted by molar-refractivity contribution is 5.89. The van der Waals surface area contributed by atoms with Crippen molar-refractivity contribution in [3.8, 4) is 0 Å². The second-order valence-corrected chi connectivity index (χ2v) is 6.95. The third-order valence-corrected chi connectivity index (χ3v) is 5.20. The van der Waals surface area contributed by atoms with Crippen molar-refractivity contribution in [3.05, 3.63) is 12.2 Å². The summed E-state index contributed by atoms with van der Waals surface area (Å²) in [5, 5.41) is 2.97. The van der Waals surface area contributed by atoms with Gasteiger partial charge in [0.1, 0.15) is 12.1 Å². The highest BCUT2D eigenvalue weighted by atomic mass is 16.5. The molecule has 2 aliphatic heterocycles. The minimum atomic E-state index is -0.342. The summed E-state index contributed by atoms with van der Waals surface area (Å²) in [5.41, 5.74) is 0. The van der Waals surface area contributed by atoms with Crippen molar-refractivity contribution in [3.63, 3.8) is 0 Å². The van der Waals surface area contributed by atoms with E-state index in [1.165, 1.54) is 0 Å². The molecule has 0 saturated carbocycles. The van der Waals surface area contributed by atoms with Crippen molar-refractivity contribution in [2.45, 2.75) is 63.5 Å². The minimum absolute atomic E-state index is 0.0141. The topological polar surface area (TPSA) is 58.6 Å². The number of nitrogens with zero attached hydrogens (tertiary/aromatic N) is 1. The van der Waals surface area contributed by atoms with Crippen LogP contribution in [0.5, 0.6) is 0 Å². The molecule has 23 heavy (non-hydrogen) atoms. The van der Waals surface area contributed by atoms with Gasteiger partial charge in [-0.05, 0) is 57.3 Å². The van der Waals surface area contributed by atoms with Crippen molar-refractivity contribution >= 4 is 11.8 Å². The third kappa shape index (κ3) is 4.14. The van der Waals surface area contributed by atoms with E-state index in [1.54, 1.807) is 0 Å². The standard InChI is InChI=1S/C18H28N2O3/c21-17-15(9-4-5-11-19-17)20(13-14-7-2-1-3-8-14)18(22)16-10-6-12-23-16/h1-2,14-16H,3-13H2,(H,19,21)/t14-,15-,16-/m0/s1. The molecule has 1 aliphatic carbocycles. The zero-order valence-corrected chi connectivity index (χ0v) is 13.8. The van der Waals surface area contributed by atoms with E-state index in [2.05, 4.69) is 17.5 Å². The van der Waals surface area contributed by atoms with Gasteiger partial charge in [0, 0.05) is 19.7 Å². The smallest absolute Gasteiger partial charge is 0.252 e. The second-order valence-electron chi connectivity index (χ2n) is 6.95. The number of allylic oxidation sites excluding steroid dienone is 2. The van der Waals surface area contributed by atoms with E-state index >= 15 is 0 Å². The van der Waals surface area contributed by atoms with E-state index in [9.17, 15) is 9.59 Å². The lowest BCUT2D eigenvalue weighted by atomic mass is 9.92. The van der Waals surface area contributed by atoms with Gasteiger partial charge in [0.15, 0.2) is 0 Å². The third-order valence-electron chi connectivity index (χ3n) is 5.20. The average Bonchev–Trinajstić information content (AvgIpc) is 3.03. The molecule has 2 fully saturated rings. The molecule has 0 aromatic rings. The number of ether oxygens (including phenoxy) is 1. The van der Waals surface area contributed by atoms with E-state index in [0.29, 0.717) is 19.1 Å². The molecule has 5 heteroatoms. The van der Waals surface area contributed by atoms with Crippen LogP contribution < -0.4 is 5.32 Å². The summed E-state index contributed by atoms with van der Waals surface area (Å²) >= 11 is 0. The van der Waals surface area contributed by atoms with Crippen LogP contribution in [0.3, 0.4) is 0 Å². The molecular formula is C18H28N2O3. The highest BCUT2D eigenvalue weighted by Gasteiger charge is 2.37. The van der Waals surface area contributed by atoms with Gasteiger partial charge in [0.05, 0.1) is 0 Å². The highest BCUT2D eigenvalue weighted by Crippen LogP contribution is 2.25. The summed E-state index contributed by atoms with van der Waals surface area (Å²) in [6.45, 7) is 2.07. The molecule has 3 aliphatic rings. The predicted molar refractivity (Wildman–Crippen MR) is 87.8 cm³/mol. The number of hydrogen-bond donors (Lipinski definition) is 1. The van der Waals surface area contributed by atoms with Gasteiger partial charge in [-0.3, -0.25) is 9.59 Å². The van der Waals surface area contributed by atoms with Crippen LogP contribution >= 0.6 is 0 Å². The molecule has 2 amide bonds. The Kier molecular flexibility index (Phi) is 5.70. The summed E-state index contributed by atoms with van der Waals surface area (Å²) < 4.78 is 5.61. The first-order valence-electron chi connectivity index (χ1n) is 9.10. The lowest BCUT2D eigenvalue weighted by Crippen LogP contribution is -2.53. The monoisotopic (exact) mass is 320 g/mol. The van der Waals surface area contributed by atoms with Crippen molar-refractivity contribution in [1.82, 2.24) is 10.2 Å². The molecule has 1 N–H and O–H groups in total. The Morgan fingerprint density at radius 2 is 2.13 bits per heavy atom. The van der Waals surface area contributed by atoms with Crippen LogP contribution in [0.25, 0.3) is 0 Å².